The summed E-state index contributed by atoms with van der Waals surface area (Å²) in [4.78, 5) is 0. The summed E-state index contributed by atoms with van der Waals surface area (Å²) in [6, 6.07) is 0.742. The van der Waals surface area contributed by atoms with Crippen molar-refractivity contribution in [1.82, 2.24) is 5.32 Å². The molecule has 2 rings (SSSR count). The SMILES string of the molecule is CCOC1CC(NCC(C)CC)C12CCC2. The molecule has 94 valence electrons. The highest BCUT2D eigenvalue weighted by Gasteiger charge is 2.58. The first kappa shape index (κ1) is 12.4. The Labute approximate surface area is 100 Å². The molecule has 1 spiro atoms. The zero-order valence-corrected chi connectivity index (χ0v) is 11.1. The first-order chi connectivity index (χ1) is 7.73. The van der Waals surface area contributed by atoms with Crippen molar-refractivity contribution in [2.24, 2.45) is 11.3 Å². The molecule has 2 heteroatoms. The fourth-order valence-electron chi connectivity index (χ4n) is 3.21. The van der Waals surface area contributed by atoms with Crippen LogP contribution in [0.5, 0.6) is 0 Å². The topological polar surface area (TPSA) is 21.3 Å². The molecule has 0 aromatic rings. The normalized spacial score (nSPS) is 33.2. The molecule has 0 heterocycles. The quantitative estimate of drug-likeness (QED) is 0.750. The largest absolute Gasteiger partial charge is 0.378 e. The van der Waals surface area contributed by atoms with E-state index in [4.69, 9.17) is 4.74 Å². The van der Waals surface area contributed by atoms with Gasteiger partial charge in [0.15, 0.2) is 0 Å². The minimum atomic E-state index is 0.531. The van der Waals surface area contributed by atoms with Crippen molar-refractivity contribution in [3.05, 3.63) is 0 Å². The van der Waals surface area contributed by atoms with Crippen molar-refractivity contribution in [1.29, 1.82) is 0 Å². The third-order valence-electron chi connectivity index (χ3n) is 4.85. The average Bonchev–Trinajstić information content (AvgIpc) is 2.19. The Kier molecular flexibility index (Phi) is 3.91. The van der Waals surface area contributed by atoms with Gasteiger partial charge in [-0.05, 0) is 38.6 Å². The lowest BCUT2D eigenvalue weighted by atomic mass is 9.51. The minimum Gasteiger partial charge on any atom is -0.378 e. The van der Waals surface area contributed by atoms with Gasteiger partial charge < -0.3 is 10.1 Å². The number of hydrogen-bond acceptors (Lipinski definition) is 2. The Morgan fingerprint density at radius 3 is 2.62 bits per heavy atom. The van der Waals surface area contributed by atoms with E-state index in [-0.39, 0.29) is 0 Å². The second-order valence-corrected chi connectivity index (χ2v) is 5.74. The minimum absolute atomic E-state index is 0.531. The Morgan fingerprint density at radius 2 is 2.12 bits per heavy atom. The number of ether oxygens (including phenoxy) is 1. The average molecular weight is 225 g/mol. The van der Waals surface area contributed by atoms with Crippen LogP contribution in [0.3, 0.4) is 0 Å². The van der Waals surface area contributed by atoms with E-state index < -0.39 is 0 Å². The van der Waals surface area contributed by atoms with Crippen LogP contribution in [0.15, 0.2) is 0 Å². The predicted molar refractivity (Wildman–Crippen MR) is 67.6 cm³/mol. The number of rotatable bonds is 6. The van der Waals surface area contributed by atoms with Crippen LogP contribution in [0, 0.1) is 11.3 Å². The molecule has 0 aromatic heterocycles. The summed E-state index contributed by atoms with van der Waals surface area (Å²) in [5, 5.41) is 3.77. The van der Waals surface area contributed by atoms with Gasteiger partial charge in [-0.2, -0.15) is 0 Å². The van der Waals surface area contributed by atoms with Crippen molar-refractivity contribution >= 4 is 0 Å². The van der Waals surface area contributed by atoms with Gasteiger partial charge in [-0.25, -0.2) is 0 Å². The Morgan fingerprint density at radius 1 is 1.38 bits per heavy atom. The third kappa shape index (κ3) is 2.02. The molecule has 2 fully saturated rings. The number of hydrogen-bond donors (Lipinski definition) is 1. The monoisotopic (exact) mass is 225 g/mol. The molecule has 1 N–H and O–H groups in total. The molecule has 0 bridgehead atoms. The zero-order chi connectivity index (χ0) is 11.6. The molecule has 0 amide bonds. The van der Waals surface area contributed by atoms with Crippen molar-refractivity contribution in [2.45, 2.75) is 65.0 Å². The summed E-state index contributed by atoms with van der Waals surface area (Å²) in [5.74, 6) is 0.809. The first-order valence-electron chi connectivity index (χ1n) is 7.08. The van der Waals surface area contributed by atoms with Crippen LogP contribution in [0.1, 0.15) is 52.9 Å². The second-order valence-electron chi connectivity index (χ2n) is 5.74. The van der Waals surface area contributed by atoms with Gasteiger partial charge in [0, 0.05) is 18.1 Å². The van der Waals surface area contributed by atoms with E-state index in [0.717, 1.165) is 18.6 Å². The van der Waals surface area contributed by atoms with Gasteiger partial charge in [-0.1, -0.05) is 26.7 Å². The lowest BCUT2D eigenvalue weighted by Crippen LogP contribution is -2.67. The summed E-state index contributed by atoms with van der Waals surface area (Å²) in [7, 11) is 0. The van der Waals surface area contributed by atoms with E-state index in [1.807, 2.05) is 0 Å². The van der Waals surface area contributed by atoms with Crippen LogP contribution in [0.25, 0.3) is 0 Å². The van der Waals surface area contributed by atoms with E-state index >= 15 is 0 Å². The maximum Gasteiger partial charge on any atom is 0.0661 e. The van der Waals surface area contributed by atoms with Gasteiger partial charge in [0.25, 0.3) is 0 Å². The smallest absolute Gasteiger partial charge is 0.0661 e. The molecule has 2 aliphatic carbocycles. The highest BCUT2D eigenvalue weighted by atomic mass is 16.5. The van der Waals surface area contributed by atoms with Crippen LogP contribution in [0.4, 0.5) is 0 Å². The first-order valence-corrected chi connectivity index (χ1v) is 7.08. The van der Waals surface area contributed by atoms with Crippen LogP contribution < -0.4 is 5.32 Å². The summed E-state index contributed by atoms with van der Waals surface area (Å²) in [6.45, 7) is 8.78. The van der Waals surface area contributed by atoms with Crippen molar-refractivity contribution in [2.75, 3.05) is 13.2 Å². The van der Waals surface area contributed by atoms with E-state index in [1.54, 1.807) is 0 Å². The zero-order valence-electron chi connectivity index (χ0n) is 11.1. The lowest BCUT2D eigenvalue weighted by Gasteiger charge is -2.61. The van der Waals surface area contributed by atoms with Crippen molar-refractivity contribution < 1.29 is 4.74 Å². The molecule has 0 saturated heterocycles. The highest BCUT2D eigenvalue weighted by Crippen LogP contribution is 2.57. The van der Waals surface area contributed by atoms with Crippen LogP contribution in [0.2, 0.25) is 0 Å². The van der Waals surface area contributed by atoms with Gasteiger partial charge in [0.2, 0.25) is 0 Å². The van der Waals surface area contributed by atoms with Crippen LogP contribution in [-0.2, 0) is 4.74 Å². The Balaban J connectivity index is 1.79. The van der Waals surface area contributed by atoms with Gasteiger partial charge in [-0.3, -0.25) is 0 Å². The molecule has 0 radical (unpaired) electrons. The molecular weight excluding hydrogens is 198 g/mol. The maximum absolute atomic E-state index is 5.86. The predicted octanol–water partition coefficient (Wildman–Crippen LogP) is 2.97. The molecule has 16 heavy (non-hydrogen) atoms. The molecular formula is C14H27NO. The Hall–Kier alpha value is -0.0800. The molecule has 3 unspecified atom stereocenters. The van der Waals surface area contributed by atoms with E-state index in [1.165, 1.54) is 38.6 Å². The third-order valence-corrected chi connectivity index (χ3v) is 4.85. The van der Waals surface area contributed by atoms with Gasteiger partial charge in [0.05, 0.1) is 6.10 Å². The standard InChI is InChI=1S/C14H27NO/c1-4-11(3)10-15-12-9-13(16-5-2)14(12)7-6-8-14/h11-13,15H,4-10H2,1-3H3. The Bertz CT molecular complexity index is 225. The fraction of sp³-hybridized carbons (Fsp3) is 1.00. The molecule has 2 aliphatic rings. The summed E-state index contributed by atoms with van der Waals surface area (Å²) in [6.07, 6.45) is 7.25. The van der Waals surface area contributed by atoms with Gasteiger partial charge in [-0.15, -0.1) is 0 Å². The van der Waals surface area contributed by atoms with E-state index in [0.29, 0.717) is 11.5 Å². The molecule has 2 nitrogen and oxygen atoms in total. The van der Waals surface area contributed by atoms with Crippen molar-refractivity contribution in [3.63, 3.8) is 0 Å². The highest BCUT2D eigenvalue weighted by molar-refractivity contribution is 5.12. The fourth-order valence-corrected chi connectivity index (χ4v) is 3.21. The summed E-state index contributed by atoms with van der Waals surface area (Å²) in [5.41, 5.74) is 0.531. The van der Waals surface area contributed by atoms with E-state index in [2.05, 4.69) is 26.1 Å². The van der Waals surface area contributed by atoms with Gasteiger partial charge in [0.1, 0.15) is 0 Å². The van der Waals surface area contributed by atoms with Crippen molar-refractivity contribution in [3.8, 4) is 0 Å². The van der Waals surface area contributed by atoms with Crippen LogP contribution in [-0.4, -0.2) is 25.3 Å². The van der Waals surface area contributed by atoms with E-state index in [9.17, 15) is 0 Å². The molecule has 3 atom stereocenters. The summed E-state index contributed by atoms with van der Waals surface area (Å²) >= 11 is 0. The maximum atomic E-state index is 5.86. The molecule has 0 aromatic carbocycles. The number of nitrogens with one attached hydrogen (secondary N) is 1. The molecule has 2 saturated carbocycles. The molecule has 0 aliphatic heterocycles. The summed E-state index contributed by atoms with van der Waals surface area (Å²) < 4.78 is 5.86. The lowest BCUT2D eigenvalue weighted by molar-refractivity contribution is -0.173. The van der Waals surface area contributed by atoms with Crippen LogP contribution >= 0.6 is 0 Å². The second kappa shape index (κ2) is 5.05. The van der Waals surface area contributed by atoms with Gasteiger partial charge >= 0.3 is 0 Å².